The minimum atomic E-state index is 0.449. The van der Waals surface area contributed by atoms with E-state index in [4.69, 9.17) is 0 Å². The second-order valence-electron chi connectivity index (χ2n) is 5.51. The highest BCUT2D eigenvalue weighted by atomic mass is 15.3. The lowest BCUT2D eigenvalue weighted by molar-refractivity contribution is 0.471. The Kier molecular flexibility index (Phi) is 7.02. The van der Waals surface area contributed by atoms with E-state index in [0.717, 1.165) is 12.2 Å². The van der Waals surface area contributed by atoms with Gasteiger partial charge in [-0.2, -0.15) is 5.10 Å². The molecule has 0 amide bonds. The van der Waals surface area contributed by atoms with Gasteiger partial charge in [-0.1, -0.05) is 32.6 Å². The summed E-state index contributed by atoms with van der Waals surface area (Å²) in [6.45, 7) is 9.72. The van der Waals surface area contributed by atoms with Crippen LogP contribution in [0.5, 0.6) is 0 Å². The lowest BCUT2D eigenvalue weighted by Crippen LogP contribution is -2.25. The molecule has 1 N–H and O–H groups in total. The molecule has 1 aromatic rings. The molecule has 0 radical (unpaired) electrons. The van der Waals surface area contributed by atoms with Gasteiger partial charge in [0.1, 0.15) is 0 Å². The number of hydrogen-bond acceptors (Lipinski definition) is 2. The molecule has 1 heterocycles. The van der Waals surface area contributed by atoms with E-state index in [1.807, 2.05) is 4.68 Å². The van der Waals surface area contributed by atoms with E-state index in [9.17, 15) is 0 Å². The highest BCUT2D eigenvalue weighted by Gasteiger charge is 2.04. The summed E-state index contributed by atoms with van der Waals surface area (Å²) < 4.78 is 2.02. The van der Waals surface area contributed by atoms with Crippen LogP contribution in [-0.2, 0) is 6.54 Å². The molecule has 1 aromatic heterocycles. The van der Waals surface area contributed by atoms with Crippen molar-refractivity contribution >= 4 is 0 Å². The molecule has 3 nitrogen and oxygen atoms in total. The van der Waals surface area contributed by atoms with Crippen molar-refractivity contribution in [2.45, 2.75) is 78.4 Å². The number of aromatic nitrogens is 2. The molecule has 0 saturated heterocycles. The first-order valence-corrected chi connectivity index (χ1v) is 7.41. The maximum absolute atomic E-state index is 4.55. The molecule has 0 spiro atoms. The first-order chi connectivity index (χ1) is 8.63. The molecule has 0 aliphatic rings. The van der Waals surface area contributed by atoms with Crippen molar-refractivity contribution in [1.82, 2.24) is 15.1 Å². The van der Waals surface area contributed by atoms with Crippen LogP contribution in [0.4, 0.5) is 0 Å². The predicted octanol–water partition coefficient (Wildman–Crippen LogP) is 3.91. The van der Waals surface area contributed by atoms with E-state index in [2.05, 4.69) is 50.4 Å². The van der Waals surface area contributed by atoms with Crippen molar-refractivity contribution < 1.29 is 0 Å². The normalized spacial score (nSPS) is 13.2. The first-order valence-electron chi connectivity index (χ1n) is 7.41. The maximum Gasteiger partial charge on any atom is 0.0762 e. The Labute approximate surface area is 112 Å². The lowest BCUT2D eigenvalue weighted by atomic mass is 10.1. The molecule has 0 aromatic carbocycles. The highest BCUT2D eigenvalue weighted by molar-refractivity contribution is 4.99. The summed E-state index contributed by atoms with van der Waals surface area (Å²) in [4.78, 5) is 0. The Balaban J connectivity index is 2.18. The molecule has 1 unspecified atom stereocenters. The third-order valence-corrected chi connectivity index (χ3v) is 3.31. The van der Waals surface area contributed by atoms with Gasteiger partial charge in [0, 0.05) is 24.8 Å². The lowest BCUT2D eigenvalue weighted by Gasteiger charge is -2.12. The molecule has 1 atom stereocenters. The number of rotatable bonds is 9. The average Bonchev–Trinajstić information content (AvgIpc) is 2.81. The Morgan fingerprint density at radius 2 is 2.00 bits per heavy atom. The third-order valence-electron chi connectivity index (χ3n) is 3.31. The summed E-state index contributed by atoms with van der Waals surface area (Å²) in [5.74, 6) is 0. The van der Waals surface area contributed by atoms with E-state index < -0.39 is 0 Å². The van der Waals surface area contributed by atoms with Crippen LogP contribution in [0, 0.1) is 0 Å². The number of nitrogens with one attached hydrogen (secondary N) is 1. The van der Waals surface area contributed by atoms with E-state index in [-0.39, 0.29) is 0 Å². The monoisotopic (exact) mass is 251 g/mol. The largest absolute Gasteiger partial charge is 0.309 e. The van der Waals surface area contributed by atoms with E-state index in [1.165, 1.54) is 32.1 Å². The van der Waals surface area contributed by atoms with E-state index in [0.29, 0.717) is 12.1 Å². The second-order valence-corrected chi connectivity index (χ2v) is 5.51. The second kappa shape index (κ2) is 8.30. The third kappa shape index (κ3) is 5.67. The summed E-state index contributed by atoms with van der Waals surface area (Å²) in [5.41, 5.74) is 1.14. The van der Waals surface area contributed by atoms with Crippen LogP contribution in [-0.4, -0.2) is 15.8 Å². The van der Waals surface area contributed by atoms with Gasteiger partial charge < -0.3 is 5.32 Å². The summed E-state index contributed by atoms with van der Waals surface area (Å²) in [6, 6.07) is 3.15. The first kappa shape index (κ1) is 15.2. The van der Waals surface area contributed by atoms with Gasteiger partial charge in [-0.25, -0.2) is 0 Å². The molecule has 18 heavy (non-hydrogen) atoms. The fraction of sp³-hybridized carbons (Fsp3) is 0.800. The summed E-state index contributed by atoms with van der Waals surface area (Å²) in [6.07, 6.45) is 8.71. The molecular formula is C15H29N3. The predicted molar refractivity (Wildman–Crippen MR) is 77.7 cm³/mol. The van der Waals surface area contributed by atoms with Crippen molar-refractivity contribution in [3.8, 4) is 0 Å². The maximum atomic E-state index is 4.55. The van der Waals surface area contributed by atoms with Crippen LogP contribution in [0.1, 0.15) is 71.5 Å². The van der Waals surface area contributed by atoms with E-state index >= 15 is 0 Å². The number of hydrogen-bond donors (Lipinski definition) is 1. The van der Waals surface area contributed by atoms with Crippen LogP contribution >= 0.6 is 0 Å². The summed E-state index contributed by atoms with van der Waals surface area (Å²) >= 11 is 0. The Morgan fingerprint density at radius 1 is 1.22 bits per heavy atom. The standard InChI is InChI=1S/C15H29N3/c1-5-6-7-8-9-14(4)16-12-15-10-11-18(17-15)13(2)3/h10-11,13-14,16H,5-9,12H2,1-4H3. The Morgan fingerprint density at radius 3 is 2.61 bits per heavy atom. The summed E-state index contributed by atoms with van der Waals surface area (Å²) in [7, 11) is 0. The van der Waals surface area contributed by atoms with Crippen LogP contribution in [0.25, 0.3) is 0 Å². The van der Waals surface area contributed by atoms with Gasteiger partial charge in [0.05, 0.1) is 5.69 Å². The van der Waals surface area contributed by atoms with Crippen molar-refractivity contribution in [1.29, 1.82) is 0 Å². The van der Waals surface area contributed by atoms with Crippen molar-refractivity contribution in [3.05, 3.63) is 18.0 Å². The smallest absolute Gasteiger partial charge is 0.0762 e. The molecule has 0 bridgehead atoms. The molecule has 0 fully saturated rings. The average molecular weight is 251 g/mol. The zero-order chi connectivity index (χ0) is 13.4. The van der Waals surface area contributed by atoms with Crippen LogP contribution < -0.4 is 5.32 Å². The minimum absolute atomic E-state index is 0.449. The Hall–Kier alpha value is -0.830. The van der Waals surface area contributed by atoms with Gasteiger partial charge in [-0.05, 0) is 33.3 Å². The molecule has 104 valence electrons. The zero-order valence-electron chi connectivity index (χ0n) is 12.4. The number of nitrogens with zero attached hydrogens (tertiary/aromatic N) is 2. The molecule has 0 saturated carbocycles. The minimum Gasteiger partial charge on any atom is -0.309 e. The summed E-state index contributed by atoms with van der Waals surface area (Å²) in [5, 5.41) is 8.10. The van der Waals surface area contributed by atoms with Crippen LogP contribution in [0.2, 0.25) is 0 Å². The molecule has 3 heteroatoms. The molecule has 0 aliphatic carbocycles. The van der Waals surface area contributed by atoms with Crippen LogP contribution in [0.3, 0.4) is 0 Å². The topological polar surface area (TPSA) is 29.9 Å². The van der Waals surface area contributed by atoms with E-state index in [1.54, 1.807) is 0 Å². The van der Waals surface area contributed by atoms with Crippen molar-refractivity contribution in [2.75, 3.05) is 0 Å². The van der Waals surface area contributed by atoms with Crippen LogP contribution in [0.15, 0.2) is 12.3 Å². The van der Waals surface area contributed by atoms with Gasteiger partial charge in [-0.15, -0.1) is 0 Å². The van der Waals surface area contributed by atoms with Gasteiger partial charge >= 0.3 is 0 Å². The van der Waals surface area contributed by atoms with Crippen molar-refractivity contribution in [3.63, 3.8) is 0 Å². The quantitative estimate of drug-likeness (QED) is 0.674. The van der Waals surface area contributed by atoms with Gasteiger partial charge in [0.25, 0.3) is 0 Å². The fourth-order valence-electron chi connectivity index (χ4n) is 2.02. The van der Waals surface area contributed by atoms with Gasteiger partial charge in [0.2, 0.25) is 0 Å². The number of unbranched alkanes of at least 4 members (excludes halogenated alkanes) is 3. The van der Waals surface area contributed by atoms with Crippen molar-refractivity contribution in [2.24, 2.45) is 0 Å². The molecule has 1 rings (SSSR count). The highest BCUT2D eigenvalue weighted by Crippen LogP contribution is 2.07. The van der Waals surface area contributed by atoms with Gasteiger partial charge in [-0.3, -0.25) is 4.68 Å². The zero-order valence-corrected chi connectivity index (χ0v) is 12.4. The molecular weight excluding hydrogens is 222 g/mol. The Bertz CT molecular complexity index is 317. The van der Waals surface area contributed by atoms with Gasteiger partial charge in [0.15, 0.2) is 0 Å². The fourth-order valence-corrected chi connectivity index (χ4v) is 2.02. The molecule has 0 aliphatic heterocycles. The SMILES string of the molecule is CCCCCCC(C)NCc1ccn(C(C)C)n1.